The van der Waals surface area contributed by atoms with Crippen LogP contribution >= 0.6 is 11.6 Å². The molecule has 2 rings (SSSR count). The SMILES string of the molecule is CC(C)C1CCN(c2ccc(CCN)c(Cl)c2)CC1. The van der Waals surface area contributed by atoms with Crippen molar-refractivity contribution in [3.63, 3.8) is 0 Å². The molecule has 1 aliphatic heterocycles. The van der Waals surface area contributed by atoms with Crippen LogP contribution in [0.5, 0.6) is 0 Å². The molecule has 2 N–H and O–H groups in total. The number of nitrogens with zero attached hydrogens (tertiary/aromatic N) is 1. The smallest absolute Gasteiger partial charge is 0.0459 e. The van der Waals surface area contributed by atoms with Crippen molar-refractivity contribution in [3.05, 3.63) is 28.8 Å². The second kappa shape index (κ2) is 6.62. The molecule has 0 aromatic heterocycles. The van der Waals surface area contributed by atoms with E-state index >= 15 is 0 Å². The van der Waals surface area contributed by atoms with Crippen molar-refractivity contribution in [3.8, 4) is 0 Å². The number of benzene rings is 1. The van der Waals surface area contributed by atoms with Gasteiger partial charge >= 0.3 is 0 Å². The van der Waals surface area contributed by atoms with Crippen LogP contribution in [-0.4, -0.2) is 19.6 Å². The van der Waals surface area contributed by atoms with E-state index in [0.29, 0.717) is 6.54 Å². The fraction of sp³-hybridized carbons (Fsp3) is 0.625. The Hall–Kier alpha value is -0.730. The Balaban J connectivity index is 2.01. The third-order valence-corrected chi connectivity index (χ3v) is 4.65. The van der Waals surface area contributed by atoms with Crippen LogP contribution in [-0.2, 0) is 6.42 Å². The quantitative estimate of drug-likeness (QED) is 0.911. The first kappa shape index (κ1) is 14.7. The van der Waals surface area contributed by atoms with E-state index in [1.54, 1.807) is 0 Å². The van der Waals surface area contributed by atoms with Crippen LogP contribution in [0.15, 0.2) is 18.2 Å². The molecule has 2 nitrogen and oxygen atoms in total. The molecule has 1 saturated heterocycles. The summed E-state index contributed by atoms with van der Waals surface area (Å²) in [4.78, 5) is 2.46. The number of nitrogens with two attached hydrogens (primary N) is 1. The van der Waals surface area contributed by atoms with Gasteiger partial charge in [-0.1, -0.05) is 31.5 Å². The number of halogens is 1. The van der Waals surface area contributed by atoms with Crippen LogP contribution < -0.4 is 10.6 Å². The fourth-order valence-corrected chi connectivity index (χ4v) is 3.18. The molecule has 106 valence electrons. The summed E-state index contributed by atoms with van der Waals surface area (Å²) in [5, 5.41) is 0.855. The topological polar surface area (TPSA) is 29.3 Å². The maximum absolute atomic E-state index is 6.32. The maximum atomic E-state index is 6.32. The highest BCUT2D eigenvalue weighted by Gasteiger charge is 2.21. The number of anilines is 1. The third kappa shape index (κ3) is 3.64. The average molecular weight is 281 g/mol. The van der Waals surface area contributed by atoms with Gasteiger partial charge in [-0.3, -0.25) is 0 Å². The van der Waals surface area contributed by atoms with Gasteiger partial charge in [0.05, 0.1) is 0 Å². The van der Waals surface area contributed by atoms with Crippen molar-refractivity contribution in [1.82, 2.24) is 0 Å². The van der Waals surface area contributed by atoms with Crippen molar-refractivity contribution in [2.24, 2.45) is 17.6 Å². The Bertz CT molecular complexity index is 409. The lowest BCUT2D eigenvalue weighted by Crippen LogP contribution is -2.35. The van der Waals surface area contributed by atoms with E-state index < -0.39 is 0 Å². The first-order valence-electron chi connectivity index (χ1n) is 7.35. The molecular weight excluding hydrogens is 256 g/mol. The Kier molecular flexibility index (Phi) is 5.12. The molecule has 0 aliphatic carbocycles. The summed E-state index contributed by atoms with van der Waals surface area (Å²) in [6.07, 6.45) is 3.44. The summed E-state index contributed by atoms with van der Waals surface area (Å²) < 4.78 is 0. The normalized spacial score (nSPS) is 17.2. The van der Waals surface area contributed by atoms with Gasteiger partial charge in [-0.2, -0.15) is 0 Å². The van der Waals surface area contributed by atoms with Gasteiger partial charge in [0.25, 0.3) is 0 Å². The Morgan fingerprint density at radius 1 is 1.32 bits per heavy atom. The summed E-state index contributed by atoms with van der Waals surface area (Å²) in [7, 11) is 0. The first-order chi connectivity index (χ1) is 9.11. The van der Waals surface area contributed by atoms with Crippen LogP contribution in [0.1, 0.15) is 32.3 Å². The number of hydrogen-bond donors (Lipinski definition) is 1. The van der Waals surface area contributed by atoms with Gasteiger partial charge in [-0.25, -0.2) is 0 Å². The lowest BCUT2D eigenvalue weighted by Gasteiger charge is -2.35. The molecule has 1 aliphatic rings. The number of hydrogen-bond acceptors (Lipinski definition) is 2. The molecule has 3 heteroatoms. The van der Waals surface area contributed by atoms with E-state index in [0.717, 1.165) is 41.9 Å². The summed E-state index contributed by atoms with van der Waals surface area (Å²) >= 11 is 6.32. The maximum Gasteiger partial charge on any atom is 0.0459 e. The van der Waals surface area contributed by atoms with Crippen LogP contribution in [0.25, 0.3) is 0 Å². The van der Waals surface area contributed by atoms with E-state index in [9.17, 15) is 0 Å². The van der Waals surface area contributed by atoms with E-state index in [-0.39, 0.29) is 0 Å². The average Bonchev–Trinajstić information content (AvgIpc) is 2.41. The van der Waals surface area contributed by atoms with Crippen molar-refractivity contribution >= 4 is 17.3 Å². The molecule has 0 saturated carbocycles. The van der Waals surface area contributed by atoms with Crippen LogP contribution in [0.2, 0.25) is 5.02 Å². The van der Waals surface area contributed by atoms with Gasteiger partial charge in [-0.05, 0) is 55.3 Å². The van der Waals surface area contributed by atoms with Gasteiger partial charge in [-0.15, -0.1) is 0 Å². The summed E-state index contributed by atoms with van der Waals surface area (Å²) in [6, 6.07) is 6.41. The minimum absolute atomic E-state index is 0.652. The van der Waals surface area contributed by atoms with Gasteiger partial charge < -0.3 is 10.6 Å². The second-order valence-corrected chi connectivity index (χ2v) is 6.29. The van der Waals surface area contributed by atoms with Gasteiger partial charge in [0.2, 0.25) is 0 Å². The summed E-state index contributed by atoms with van der Waals surface area (Å²) in [6.45, 7) is 7.61. The number of piperidine rings is 1. The van der Waals surface area contributed by atoms with E-state index in [2.05, 4.69) is 36.9 Å². The molecule has 1 aromatic rings. The molecule has 19 heavy (non-hydrogen) atoms. The third-order valence-electron chi connectivity index (χ3n) is 4.30. The Morgan fingerprint density at radius 2 is 2.00 bits per heavy atom. The summed E-state index contributed by atoms with van der Waals surface area (Å²) in [5.74, 6) is 1.68. The molecular formula is C16H25ClN2. The zero-order valence-electron chi connectivity index (χ0n) is 12.0. The zero-order valence-corrected chi connectivity index (χ0v) is 12.8. The van der Waals surface area contributed by atoms with Gasteiger partial charge in [0, 0.05) is 23.8 Å². The molecule has 1 fully saturated rings. The lowest BCUT2D eigenvalue weighted by molar-refractivity contribution is 0.311. The number of rotatable bonds is 4. The van der Waals surface area contributed by atoms with E-state index in [1.165, 1.54) is 18.5 Å². The van der Waals surface area contributed by atoms with Crippen molar-refractivity contribution in [1.29, 1.82) is 0 Å². The zero-order chi connectivity index (χ0) is 13.8. The Labute approximate surface area is 121 Å². The van der Waals surface area contributed by atoms with E-state index in [1.807, 2.05) is 0 Å². The molecule has 0 radical (unpaired) electrons. The van der Waals surface area contributed by atoms with Crippen molar-refractivity contribution < 1.29 is 0 Å². The van der Waals surface area contributed by atoms with Crippen molar-refractivity contribution in [2.75, 3.05) is 24.5 Å². The molecule has 0 unspecified atom stereocenters. The van der Waals surface area contributed by atoms with Gasteiger partial charge in [0.15, 0.2) is 0 Å². The minimum Gasteiger partial charge on any atom is -0.371 e. The standard InChI is InChI=1S/C16H25ClN2/c1-12(2)13-6-9-19(10-7-13)15-4-3-14(5-8-18)16(17)11-15/h3-4,11-13H,5-10,18H2,1-2H3. The largest absolute Gasteiger partial charge is 0.371 e. The molecule has 0 spiro atoms. The fourth-order valence-electron chi connectivity index (χ4n) is 2.92. The van der Waals surface area contributed by atoms with E-state index in [4.69, 9.17) is 17.3 Å². The predicted molar refractivity (Wildman–Crippen MR) is 84.0 cm³/mol. The minimum atomic E-state index is 0.652. The molecule has 1 aromatic carbocycles. The molecule has 0 bridgehead atoms. The molecule has 1 heterocycles. The highest BCUT2D eigenvalue weighted by molar-refractivity contribution is 6.31. The second-order valence-electron chi connectivity index (χ2n) is 5.88. The first-order valence-corrected chi connectivity index (χ1v) is 7.73. The highest BCUT2D eigenvalue weighted by Crippen LogP contribution is 2.30. The van der Waals surface area contributed by atoms with Crippen molar-refractivity contribution in [2.45, 2.75) is 33.1 Å². The monoisotopic (exact) mass is 280 g/mol. The molecule has 0 atom stereocenters. The Morgan fingerprint density at radius 3 is 2.53 bits per heavy atom. The molecule has 0 amide bonds. The highest BCUT2D eigenvalue weighted by atomic mass is 35.5. The predicted octanol–water partition coefficient (Wildman–Crippen LogP) is 3.71. The summed E-state index contributed by atoms with van der Waals surface area (Å²) in [5.41, 5.74) is 8.00. The van der Waals surface area contributed by atoms with Crippen LogP contribution in [0.3, 0.4) is 0 Å². The van der Waals surface area contributed by atoms with Crippen LogP contribution in [0.4, 0.5) is 5.69 Å². The van der Waals surface area contributed by atoms with Gasteiger partial charge in [0.1, 0.15) is 0 Å². The lowest BCUT2D eigenvalue weighted by atomic mass is 9.86. The van der Waals surface area contributed by atoms with Crippen LogP contribution in [0, 0.1) is 11.8 Å².